The monoisotopic (exact) mass is 458 g/mol. The van der Waals surface area contributed by atoms with E-state index in [1.165, 1.54) is 11.3 Å². The summed E-state index contributed by atoms with van der Waals surface area (Å²) in [7, 11) is 0. The number of thiazole rings is 1. The van der Waals surface area contributed by atoms with Gasteiger partial charge in [0.15, 0.2) is 4.80 Å². The zero-order chi connectivity index (χ0) is 22.4. The van der Waals surface area contributed by atoms with Gasteiger partial charge in [0.2, 0.25) is 0 Å². The number of carbonyl (C=O) groups is 1. The van der Waals surface area contributed by atoms with Crippen LogP contribution in [0.15, 0.2) is 68.8 Å². The first-order valence-electron chi connectivity index (χ1n) is 9.74. The highest BCUT2D eigenvalue weighted by Gasteiger charge is 2.17. The van der Waals surface area contributed by atoms with Crippen molar-refractivity contribution in [2.45, 2.75) is 13.5 Å². The summed E-state index contributed by atoms with van der Waals surface area (Å²) in [6, 6.07) is 16.5. The predicted molar refractivity (Wildman–Crippen MR) is 128 cm³/mol. The Balaban J connectivity index is 1.74. The number of hydrogen-bond donors (Lipinski definition) is 0. The SMILES string of the molecule is C#CCn1c(=NC(=O)c2cc3c(ccc4ccccc43)oc2=O)sc2ccc(Cl)c(C)c21. The van der Waals surface area contributed by atoms with Crippen LogP contribution >= 0.6 is 22.9 Å². The number of rotatable bonds is 2. The Hall–Kier alpha value is -3.66. The van der Waals surface area contributed by atoms with Gasteiger partial charge >= 0.3 is 5.63 Å². The second-order valence-corrected chi connectivity index (χ2v) is 8.67. The van der Waals surface area contributed by atoms with Crippen LogP contribution in [0.3, 0.4) is 0 Å². The first-order valence-corrected chi connectivity index (χ1v) is 10.9. The molecule has 3 aromatic carbocycles. The van der Waals surface area contributed by atoms with Gasteiger partial charge in [0.1, 0.15) is 11.1 Å². The Bertz CT molecular complexity index is 1730. The van der Waals surface area contributed by atoms with Gasteiger partial charge in [-0.05, 0) is 47.5 Å². The normalized spacial score (nSPS) is 12.0. The molecule has 5 aromatic rings. The molecule has 5 nitrogen and oxygen atoms in total. The van der Waals surface area contributed by atoms with Gasteiger partial charge in [-0.25, -0.2) is 4.79 Å². The van der Waals surface area contributed by atoms with Crippen molar-refractivity contribution in [2.24, 2.45) is 4.99 Å². The minimum atomic E-state index is -0.731. The molecule has 0 fully saturated rings. The van der Waals surface area contributed by atoms with Gasteiger partial charge in [-0.3, -0.25) is 4.79 Å². The molecule has 2 heterocycles. The van der Waals surface area contributed by atoms with E-state index < -0.39 is 11.5 Å². The van der Waals surface area contributed by atoms with Crippen LogP contribution in [0.25, 0.3) is 32.0 Å². The maximum Gasteiger partial charge on any atom is 0.349 e. The number of aryl methyl sites for hydroxylation is 1. The van der Waals surface area contributed by atoms with E-state index in [0.717, 1.165) is 26.6 Å². The van der Waals surface area contributed by atoms with Gasteiger partial charge in [-0.2, -0.15) is 4.99 Å². The van der Waals surface area contributed by atoms with Gasteiger partial charge in [0, 0.05) is 10.4 Å². The minimum Gasteiger partial charge on any atom is -0.422 e. The molecule has 32 heavy (non-hydrogen) atoms. The number of amides is 1. The molecular weight excluding hydrogens is 444 g/mol. The Morgan fingerprint density at radius 3 is 2.81 bits per heavy atom. The lowest BCUT2D eigenvalue weighted by molar-refractivity contribution is 0.0994. The number of nitrogens with zero attached hydrogens (tertiary/aromatic N) is 2. The third kappa shape index (κ3) is 3.23. The summed E-state index contributed by atoms with van der Waals surface area (Å²) >= 11 is 7.59. The van der Waals surface area contributed by atoms with Crippen molar-refractivity contribution in [2.75, 3.05) is 0 Å². The second-order valence-electron chi connectivity index (χ2n) is 7.26. The van der Waals surface area contributed by atoms with Crippen molar-refractivity contribution in [3.63, 3.8) is 0 Å². The van der Waals surface area contributed by atoms with Crippen molar-refractivity contribution >= 4 is 60.8 Å². The molecule has 0 aliphatic carbocycles. The van der Waals surface area contributed by atoms with Gasteiger partial charge in [0.25, 0.3) is 5.91 Å². The van der Waals surface area contributed by atoms with E-state index in [2.05, 4.69) is 10.9 Å². The maximum atomic E-state index is 13.1. The molecule has 0 unspecified atom stereocenters. The molecule has 1 amide bonds. The zero-order valence-corrected chi connectivity index (χ0v) is 18.5. The molecule has 0 bridgehead atoms. The summed E-state index contributed by atoms with van der Waals surface area (Å²) in [5.74, 6) is 1.91. The number of fused-ring (bicyclic) bond motifs is 4. The van der Waals surface area contributed by atoms with E-state index in [1.807, 2.05) is 43.3 Å². The van der Waals surface area contributed by atoms with Crippen molar-refractivity contribution < 1.29 is 9.21 Å². The summed E-state index contributed by atoms with van der Waals surface area (Å²) < 4.78 is 8.10. The summed E-state index contributed by atoms with van der Waals surface area (Å²) in [6.45, 7) is 2.10. The van der Waals surface area contributed by atoms with Gasteiger partial charge in [-0.1, -0.05) is 59.2 Å². The molecule has 0 aliphatic heterocycles. The van der Waals surface area contributed by atoms with Crippen molar-refractivity contribution in [1.82, 2.24) is 4.57 Å². The number of carbonyl (C=O) groups excluding carboxylic acids is 1. The lowest BCUT2D eigenvalue weighted by Crippen LogP contribution is -2.19. The minimum absolute atomic E-state index is 0.131. The highest BCUT2D eigenvalue weighted by atomic mass is 35.5. The molecule has 0 spiro atoms. The Labute approximate surface area is 191 Å². The fourth-order valence-electron chi connectivity index (χ4n) is 3.81. The van der Waals surface area contributed by atoms with Crippen LogP contribution in [-0.4, -0.2) is 10.5 Å². The van der Waals surface area contributed by atoms with E-state index in [1.54, 1.807) is 22.8 Å². The Morgan fingerprint density at radius 2 is 2.00 bits per heavy atom. The summed E-state index contributed by atoms with van der Waals surface area (Å²) in [5.41, 5.74) is 1.23. The smallest absolute Gasteiger partial charge is 0.349 e. The molecule has 0 saturated heterocycles. The van der Waals surface area contributed by atoms with Gasteiger partial charge in [0.05, 0.1) is 16.8 Å². The van der Waals surface area contributed by atoms with Gasteiger partial charge in [-0.15, -0.1) is 6.42 Å². The van der Waals surface area contributed by atoms with E-state index in [-0.39, 0.29) is 12.1 Å². The van der Waals surface area contributed by atoms with Crippen LogP contribution in [-0.2, 0) is 6.54 Å². The van der Waals surface area contributed by atoms with Crippen LogP contribution < -0.4 is 10.4 Å². The lowest BCUT2D eigenvalue weighted by Gasteiger charge is -2.05. The van der Waals surface area contributed by atoms with Gasteiger partial charge < -0.3 is 8.98 Å². The summed E-state index contributed by atoms with van der Waals surface area (Å²) in [6.07, 6.45) is 5.56. The molecule has 0 N–H and O–H groups in total. The third-order valence-corrected chi connectivity index (χ3v) is 6.80. The number of aromatic nitrogens is 1. The number of terminal acetylenes is 1. The molecule has 0 aliphatic rings. The van der Waals surface area contributed by atoms with Crippen LogP contribution in [0.4, 0.5) is 0 Å². The van der Waals surface area contributed by atoms with E-state index in [4.69, 9.17) is 22.4 Å². The summed E-state index contributed by atoms with van der Waals surface area (Å²) in [5, 5.41) is 3.14. The lowest BCUT2D eigenvalue weighted by atomic mass is 10.0. The maximum absolute atomic E-state index is 13.1. The highest BCUT2D eigenvalue weighted by Crippen LogP contribution is 2.28. The van der Waals surface area contributed by atoms with E-state index in [0.29, 0.717) is 20.8 Å². The number of hydrogen-bond acceptors (Lipinski definition) is 4. The molecule has 156 valence electrons. The molecule has 0 atom stereocenters. The third-order valence-electron chi connectivity index (χ3n) is 5.35. The first-order chi connectivity index (χ1) is 15.5. The second kappa shape index (κ2) is 7.79. The Kier molecular flexibility index (Phi) is 4.93. The number of benzene rings is 3. The molecule has 2 aromatic heterocycles. The van der Waals surface area contributed by atoms with E-state index >= 15 is 0 Å². The number of halogens is 1. The average molecular weight is 459 g/mol. The molecule has 5 rings (SSSR count). The quantitative estimate of drug-likeness (QED) is 0.205. The average Bonchev–Trinajstić information content (AvgIpc) is 3.13. The fourth-order valence-corrected chi connectivity index (χ4v) is 5.05. The predicted octanol–water partition coefficient (Wildman–Crippen LogP) is 5.30. The van der Waals surface area contributed by atoms with E-state index in [9.17, 15) is 9.59 Å². The Morgan fingerprint density at radius 1 is 1.19 bits per heavy atom. The van der Waals surface area contributed by atoms with Crippen molar-refractivity contribution in [3.05, 3.63) is 86.0 Å². The topological polar surface area (TPSA) is 64.6 Å². The standard InChI is InChI=1S/C25H15ClN2O3S/c1-3-12-28-22-14(2)19(26)9-11-21(22)32-25(28)27-23(29)18-13-17-16-7-5-4-6-15(16)8-10-20(17)31-24(18)30/h1,4-11,13H,12H2,2H3. The van der Waals surface area contributed by atoms with Crippen LogP contribution in [0.1, 0.15) is 15.9 Å². The molecule has 0 saturated carbocycles. The molecule has 0 radical (unpaired) electrons. The van der Waals surface area contributed by atoms with Crippen LogP contribution in [0.2, 0.25) is 5.02 Å². The largest absolute Gasteiger partial charge is 0.422 e. The molecule has 7 heteroatoms. The fraction of sp³-hybridized carbons (Fsp3) is 0.0800. The summed E-state index contributed by atoms with van der Waals surface area (Å²) in [4.78, 5) is 30.3. The van der Waals surface area contributed by atoms with Crippen molar-refractivity contribution in [3.8, 4) is 12.3 Å². The molecular formula is C25H15ClN2O3S. The van der Waals surface area contributed by atoms with Crippen LogP contribution in [0.5, 0.6) is 0 Å². The highest BCUT2D eigenvalue weighted by molar-refractivity contribution is 7.16. The zero-order valence-electron chi connectivity index (χ0n) is 16.9. The first kappa shape index (κ1) is 20.3. The van der Waals surface area contributed by atoms with Crippen molar-refractivity contribution in [1.29, 1.82) is 0 Å². The van der Waals surface area contributed by atoms with Crippen LogP contribution in [0, 0.1) is 19.3 Å².